The first-order valence-corrected chi connectivity index (χ1v) is 13.2. The van der Waals surface area contributed by atoms with Crippen LogP contribution in [0.4, 0.5) is 0 Å². The highest BCUT2D eigenvalue weighted by Gasteiger charge is 2.17. The van der Waals surface area contributed by atoms with Gasteiger partial charge in [0.05, 0.1) is 20.1 Å². The van der Waals surface area contributed by atoms with Crippen LogP contribution < -0.4 is 5.32 Å². The van der Waals surface area contributed by atoms with Crippen molar-refractivity contribution in [1.82, 2.24) is 10.2 Å². The molecule has 0 aliphatic carbocycles. The van der Waals surface area contributed by atoms with E-state index in [1.54, 1.807) is 29.2 Å². The number of halogens is 4. The first kappa shape index (κ1) is 26.8. The number of nitrogens with one attached hydrogen (secondary N) is 1. The number of hydrogen-bond acceptors (Lipinski definition) is 2. The highest BCUT2D eigenvalue weighted by molar-refractivity contribution is 6.42. The van der Waals surface area contributed by atoms with Gasteiger partial charge in [-0.1, -0.05) is 101 Å². The molecule has 3 nitrogen and oxygen atoms in total. The highest BCUT2D eigenvalue weighted by Crippen LogP contribution is 2.27. The van der Waals surface area contributed by atoms with E-state index in [9.17, 15) is 4.79 Å². The third-order valence-electron chi connectivity index (χ3n) is 6.15. The Kier molecular flexibility index (Phi) is 9.16. The largest absolute Gasteiger partial charge is 0.334 e. The molecule has 1 amide bonds. The van der Waals surface area contributed by atoms with Gasteiger partial charge in [0.2, 0.25) is 5.91 Å². The first-order chi connectivity index (χ1) is 17.3. The number of carbonyl (C=O) groups is 1. The Balaban J connectivity index is 1.45. The number of hydrogen-bond donors (Lipinski definition) is 1. The molecule has 1 atom stereocenters. The van der Waals surface area contributed by atoms with Crippen LogP contribution in [0.2, 0.25) is 20.1 Å². The normalized spacial score (nSPS) is 12.0. The van der Waals surface area contributed by atoms with E-state index in [1.165, 1.54) is 16.3 Å². The summed E-state index contributed by atoms with van der Waals surface area (Å²) in [5.41, 5.74) is 3.01. The number of carbonyl (C=O) groups excluding carboxylic acids is 1. The fourth-order valence-corrected chi connectivity index (χ4v) is 4.88. The lowest BCUT2D eigenvalue weighted by Gasteiger charge is -2.24. The Morgan fingerprint density at radius 2 is 1.36 bits per heavy atom. The van der Waals surface area contributed by atoms with Crippen LogP contribution in [-0.4, -0.2) is 17.4 Å². The lowest BCUT2D eigenvalue weighted by molar-refractivity contribution is -0.132. The second kappa shape index (κ2) is 12.3. The lowest BCUT2D eigenvalue weighted by atomic mass is 9.99. The Bertz CT molecular complexity index is 1320. The molecule has 0 saturated heterocycles. The topological polar surface area (TPSA) is 32.3 Å². The van der Waals surface area contributed by atoms with Gasteiger partial charge in [0.25, 0.3) is 0 Å². The predicted octanol–water partition coefficient (Wildman–Crippen LogP) is 8.72. The third kappa shape index (κ3) is 6.73. The van der Waals surface area contributed by atoms with E-state index in [1.807, 2.05) is 24.3 Å². The third-order valence-corrected chi connectivity index (χ3v) is 7.62. The van der Waals surface area contributed by atoms with Crippen LogP contribution in [0.1, 0.15) is 36.1 Å². The van der Waals surface area contributed by atoms with Crippen molar-refractivity contribution >= 4 is 63.1 Å². The van der Waals surface area contributed by atoms with E-state index in [2.05, 4.69) is 42.6 Å². The second-order valence-corrected chi connectivity index (χ2v) is 10.4. The maximum absolute atomic E-state index is 13.4. The number of nitrogens with zero attached hydrogens (tertiary/aromatic N) is 1. The molecule has 0 saturated carbocycles. The molecule has 0 heterocycles. The molecule has 186 valence electrons. The van der Waals surface area contributed by atoms with Crippen LogP contribution >= 0.6 is 46.4 Å². The summed E-state index contributed by atoms with van der Waals surface area (Å²) in [6.45, 7) is 3.46. The Labute approximate surface area is 231 Å². The molecule has 0 fully saturated rings. The summed E-state index contributed by atoms with van der Waals surface area (Å²) in [6, 6.07) is 25.6. The molecule has 0 aliphatic heterocycles. The van der Waals surface area contributed by atoms with Gasteiger partial charge in [-0.05, 0) is 58.7 Å². The number of amides is 1. The second-order valence-electron chi connectivity index (χ2n) is 8.74. The molecular formula is C29H26Cl4N2O. The van der Waals surface area contributed by atoms with Crippen molar-refractivity contribution in [1.29, 1.82) is 0 Å². The van der Waals surface area contributed by atoms with Gasteiger partial charge in [-0.2, -0.15) is 0 Å². The molecule has 7 heteroatoms. The minimum atomic E-state index is 0.0183. The van der Waals surface area contributed by atoms with Crippen LogP contribution in [0.25, 0.3) is 10.8 Å². The summed E-state index contributed by atoms with van der Waals surface area (Å²) in [7, 11) is 0. The van der Waals surface area contributed by atoms with Crippen molar-refractivity contribution in [3.8, 4) is 0 Å². The van der Waals surface area contributed by atoms with Crippen molar-refractivity contribution in [3.05, 3.63) is 116 Å². The summed E-state index contributed by atoms with van der Waals surface area (Å²) in [5, 5.41) is 7.81. The molecule has 0 aromatic heterocycles. The smallest absolute Gasteiger partial charge is 0.224 e. The Morgan fingerprint density at radius 1 is 0.778 bits per heavy atom. The van der Waals surface area contributed by atoms with Gasteiger partial charge in [-0.3, -0.25) is 4.79 Å². The zero-order valence-electron chi connectivity index (χ0n) is 19.8. The van der Waals surface area contributed by atoms with Crippen molar-refractivity contribution in [2.24, 2.45) is 0 Å². The minimum Gasteiger partial charge on any atom is -0.334 e. The van der Waals surface area contributed by atoms with Gasteiger partial charge in [0.15, 0.2) is 0 Å². The SMILES string of the molecule is CC(NCCC(=O)N(Cc1ccc(Cl)c(Cl)c1)Cc1ccc(Cl)c(Cl)c1)c1cccc2ccccc12. The van der Waals surface area contributed by atoms with Crippen LogP contribution in [0.15, 0.2) is 78.9 Å². The van der Waals surface area contributed by atoms with E-state index >= 15 is 0 Å². The molecule has 0 bridgehead atoms. The standard InChI is InChI=1S/C29H26Cl4N2O/c1-19(23-8-4-6-22-5-2-3-7-24(22)23)34-14-13-29(36)35(17-20-9-11-25(30)27(32)15-20)18-21-10-12-26(31)28(33)16-21/h2-12,15-16,19,34H,13-14,17-18H2,1H3. The predicted molar refractivity (Wildman–Crippen MR) is 152 cm³/mol. The van der Waals surface area contributed by atoms with Crippen LogP contribution in [0.5, 0.6) is 0 Å². The summed E-state index contributed by atoms with van der Waals surface area (Å²) < 4.78 is 0. The molecule has 4 rings (SSSR count). The van der Waals surface area contributed by atoms with Crippen molar-refractivity contribution in [3.63, 3.8) is 0 Å². The average molecular weight is 560 g/mol. The van der Waals surface area contributed by atoms with Crippen molar-refractivity contribution in [2.45, 2.75) is 32.5 Å². The van der Waals surface area contributed by atoms with Gasteiger partial charge in [-0.25, -0.2) is 0 Å². The van der Waals surface area contributed by atoms with E-state index in [0.717, 1.165) is 11.1 Å². The van der Waals surface area contributed by atoms with Crippen molar-refractivity contribution < 1.29 is 4.79 Å². The molecule has 1 N–H and O–H groups in total. The summed E-state index contributed by atoms with van der Waals surface area (Å²) in [6.07, 6.45) is 0.345. The summed E-state index contributed by atoms with van der Waals surface area (Å²) in [4.78, 5) is 15.1. The molecule has 4 aromatic carbocycles. The summed E-state index contributed by atoms with van der Waals surface area (Å²) >= 11 is 24.6. The maximum atomic E-state index is 13.4. The summed E-state index contributed by atoms with van der Waals surface area (Å²) in [5.74, 6) is 0.0183. The van der Waals surface area contributed by atoms with Gasteiger partial charge < -0.3 is 10.2 Å². The molecule has 0 spiro atoms. The van der Waals surface area contributed by atoms with E-state index < -0.39 is 0 Å². The fraction of sp³-hybridized carbons (Fsp3) is 0.207. The average Bonchev–Trinajstić information content (AvgIpc) is 2.87. The van der Waals surface area contributed by atoms with Crippen molar-refractivity contribution in [2.75, 3.05) is 6.54 Å². The molecule has 1 unspecified atom stereocenters. The van der Waals surface area contributed by atoms with Crippen LogP contribution in [0, 0.1) is 0 Å². The lowest BCUT2D eigenvalue weighted by Crippen LogP contribution is -2.33. The number of benzene rings is 4. The Morgan fingerprint density at radius 3 is 1.97 bits per heavy atom. The molecular weight excluding hydrogens is 534 g/mol. The fourth-order valence-electron chi connectivity index (χ4n) is 4.24. The van der Waals surface area contributed by atoms with Gasteiger partial charge in [0.1, 0.15) is 0 Å². The van der Waals surface area contributed by atoms with Gasteiger partial charge >= 0.3 is 0 Å². The number of rotatable bonds is 9. The van der Waals surface area contributed by atoms with E-state index in [-0.39, 0.29) is 11.9 Å². The highest BCUT2D eigenvalue weighted by atomic mass is 35.5. The number of fused-ring (bicyclic) bond motifs is 1. The quantitative estimate of drug-likeness (QED) is 0.222. The van der Waals surface area contributed by atoms with Crippen LogP contribution in [-0.2, 0) is 17.9 Å². The monoisotopic (exact) mass is 558 g/mol. The molecule has 4 aromatic rings. The van der Waals surface area contributed by atoms with E-state index in [4.69, 9.17) is 46.4 Å². The molecule has 0 aliphatic rings. The minimum absolute atomic E-state index is 0.0183. The van der Waals surface area contributed by atoms with Gasteiger partial charge in [-0.15, -0.1) is 0 Å². The zero-order chi connectivity index (χ0) is 25.7. The zero-order valence-corrected chi connectivity index (χ0v) is 22.8. The molecule has 0 radical (unpaired) electrons. The first-order valence-electron chi connectivity index (χ1n) is 11.7. The van der Waals surface area contributed by atoms with Crippen LogP contribution in [0.3, 0.4) is 0 Å². The maximum Gasteiger partial charge on any atom is 0.224 e. The molecule has 36 heavy (non-hydrogen) atoms. The van der Waals surface area contributed by atoms with E-state index in [0.29, 0.717) is 46.1 Å². The van der Waals surface area contributed by atoms with Gasteiger partial charge in [0, 0.05) is 32.1 Å². The Hall–Kier alpha value is -2.27.